The minimum atomic E-state index is -1.09. The van der Waals surface area contributed by atoms with E-state index in [2.05, 4.69) is 0 Å². The summed E-state index contributed by atoms with van der Waals surface area (Å²) in [7, 11) is 0. The molecule has 0 saturated carbocycles. The Kier molecular flexibility index (Phi) is 7.47. The van der Waals surface area contributed by atoms with Crippen LogP contribution in [0.4, 0.5) is 0 Å². The largest absolute Gasteiger partial charge is 0.508 e. The number of rotatable bonds is 9. The quantitative estimate of drug-likeness (QED) is 0.370. The summed E-state index contributed by atoms with van der Waals surface area (Å²) in [6, 6.07) is 11.6. The van der Waals surface area contributed by atoms with Crippen molar-refractivity contribution in [2.24, 2.45) is 0 Å². The lowest BCUT2D eigenvalue weighted by Crippen LogP contribution is -2.26. The van der Waals surface area contributed by atoms with Gasteiger partial charge in [-0.05, 0) is 35.4 Å². The van der Waals surface area contributed by atoms with Crippen LogP contribution in [0.1, 0.15) is 24.0 Å². The molecule has 2 N–H and O–H groups in total. The first kappa shape index (κ1) is 21.6. The molecule has 8 heteroatoms. The number of esters is 2. The van der Waals surface area contributed by atoms with E-state index in [0.717, 1.165) is 0 Å². The zero-order valence-corrected chi connectivity index (χ0v) is 15.7. The van der Waals surface area contributed by atoms with E-state index in [1.54, 1.807) is 0 Å². The van der Waals surface area contributed by atoms with Crippen LogP contribution >= 0.6 is 0 Å². The van der Waals surface area contributed by atoms with Gasteiger partial charge in [-0.1, -0.05) is 31.2 Å². The summed E-state index contributed by atoms with van der Waals surface area (Å²) in [6.07, 6.45) is -0.193. The molecule has 0 aliphatic heterocycles. The number of carbonyl (C=O) groups excluding carboxylic acids is 4. The van der Waals surface area contributed by atoms with Gasteiger partial charge < -0.3 is 19.7 Å². The van der Waals surface area contributed by atoms with Gasteiger partial charge in [0.25, 0.3) is 0 Å². The zero-order chi connectivity index (χ0) is 21.4. The van der Waals surface area contributed by atoms with E-state index in [4.69, 9.17) is 9.47 Å². The summed E-state index contributed by atoms with van der Waals surface area (Å²) < 4.78 is 9.51. The third kappa shape index (κ3) is 6.46. The summed E-state index contributed by atoms with van der Waals surface area (Å²) in [4.78, 5) is 47.3. The minimum absolute atomic E-state index is 0.0396. The Hall–Kier alpha value is -3.68. The van der Waals surface area contributed by atoms with Gasteiger partial charge in [0.05, 0.1) is 5.92 Å². The summed E-state index contributed by atoms with van der Waals surface area (Å²) in [6.45, 7) is 0.788. The number of ether oxygens (including phenoxy) is 2. The fourth-order valence-electron chi connectivity index (χ4n) is 2.38. The van der Waals surface area contributed by atoms with Crippen molar-refractivity contribution in [1.29, 1.82) is 0 Å². The molecule has 0 saturated heterocycles. The highest BCUT2D eigenvalue weighted by molar-refractivity contribution is 6.35. The third-order valence-corrected chi connectivity index (χ3v) is 4.07. The fourth-order valence-corrected chi connectivity index (χ4v) is 2.38. The van der Waals surface area contributed by atoms with Crippen LogP contribution in [0.3, 0.4) is 0 Å². The topological polar surface area (TPSA) is 127 Å². The number of phenolic OH excluding ortho intramolecular Hbond substituents is 2. The number of carbonyl (C=O) groups is 4. The van der Waals surface area contributed by atoms with Crippen molar-refractivity contribution in [3.63, 3.8) is 0 Å². The Morgan fingerprint density at radius 2 is 1.28 bits per heavy atom. The van der Waals surface area contributed by atoms with Gasteiger partial charge in [-0.2, -0.15) is 0 Å². The molecule has 2 aromatic rings. The average Bonchev–Trinajstić information content (AvgIpc) is 2.71. The first-order valence-corrected chi connectivity index (χ1v) is 8.75. The normalized spacial score (nSPS) is 11.3. The molecule has 0 bridgehead atoms. The van der Waals surface area contributed by atoms with Gasteiger partial charge in [-0.25, -0.2) is 9.59 Å². The van der Waals surface area contributed by atoms with E-state index in [1.165, 1.54) is 55.5 Å². The Balaban J connectivity index is 1.73. The van der Waals surface area contributed by atoms with Gasteiger partial charge in [0.1, 0.15) is 24.7 Å². The first-order chi connectivity index (χ1) is 13.8. The predicted octanol–water partition coefficient (Wildman–Crippen LogP) is 1.67. The second-order valence-electron chi connectivity index (χ2n) is 6.22. The molecule has 0 aliphatic carbocycles. The smallest absolute Gasteiger partial charge is 0.375 e. The van der Waals surface area contributed by atoms with E-state index in [1.807, 2.05) is 0 Å². The van der Waals surface area contributed by atoms with Crippen LogP contribution in [0.15, 0.2) is 48.5 Å². The molecular formula is C21H20O8. The molecule has 0 aliphatic rings. The van der Waals surface area contributed by atoms with Crippen molar-refractivity contribution in [3.05, 3.63) is 59.7 Å². The molecule has 0 amide bonds. The molecule has 2 rings (SSSR count). The van der Waals surface area contributed by atoms with Crippen LogP contribution < -0.4 is 0 Å². The SMILES string of the molecule is CC(C(=O)C(=O)OCCOC(=O)C(=O)Cc1ccc(O)cc1)c1ccc(O)cc1. The predicted molar refractivity (Wildman–Crippen MR) is 100 cm³/mol. The lowest BCUT2D eigenvalue weighted by Gasteiger charge is -2.11. The second-order valence-corrected chi connectivity index (χ2v) is 6.22. The summed E-state index contributed by atoms with van der Waals surface area (Å²) >= 11 is 0. The molecule has 0 heterocycles. The lowest BCUT2D eigenvalue weighted by molar-refractivity contribution is -0.160. The molecule has 0 radical (unpaired) electrons. The average molecular weight is 400 g/mol. The zero-order valence-electron chi connectivity index (χ0n) is 15.7. The third-order valence-electron chi connectivity index (χ3n) is 4.07. The highest BCUT2D eigenvalue weighted by Crippen LogP contribution is 2.19. The maximum Gasteiger partial charge on any atom is 0.375 e. The van der Waals surface area contributed by atoms with Crippen molar-refractivity contribution in [3.8, 4) is 11.5 Å². The minimum Gasteiger partial charge on any atom is -0.508 e. The number of Topliss-reactive ketones (excluding diaryl/α,β-unsaturated/α-hetero) is 2. The molecule has 0 aromatic heterocycles. The Labute approximate surface area is 166 Å². The van der Waals surface area contributed by atoms with Crippen molar-refractivity contribution in [2.45, 2.75) is 19.3 Å². The molecule has 1 unspecified atom stereocenters. The monoisotopic (exact) mass is 400 g/mol. The number of ketones is 2. The van der Waals surface area contributed by atoms with Crippen LogP contribution in [0.5, 0.6) is 11.5 Å². The molecule has 1 atom stereocenters. The van der Waals surface area contributed by atoms with Gasteiger partial charge in [-0.3, -0.25) is 9.59 Å². The molecule has 2 aromatic carbocycles. The van der Waals surface area contributed by atoms with Gasteiger partial charge >= 0.3 is 11.9 Å². The van der Waals surface area contributed by atoms with E-state index < -0.39 is 29.4 Å². The van der Waals surface area contributed by atoms with E-state index in [0.29, 0.717) is 11.1 Å². The van der Waals surface area contributed by atoms with Gasteiger partial charge in [0, 0.05) is 6.42 Å². The van der Waals surface area contributed by atoms with Crippen molar-refractivity contribution >= 4 is 23.5 Å². The van der Waals surface area contributed by atoms with Gasteiger partial charge in [-0.15, -0.1) is 0 Å². The number of hydrogen-bond donors (Lipinski definition) is 2. The maximum atomic E-state index is 12.1. The first-order valence-electron chi connectivity index (χ1n) is 8.75. The van der Waals surface area contributed by atoms with Crippen molar-refractivity contribution < 1.29 is 38.9 Å². The molecule has 8 nitrogen and oxygen atoms in total. The molecule has 152 valence electrons. The highest BCUT2D eigenvalue weighted by Gasteiger charge is 2.24. The molecule has 29 heavy (non-hydrogen) atoms. The number of benzene rings is 2. The van der Waals surface area contributed by atoms with Crippen LogP contribution in [0.25, 0.3) is 0 Å². The van der Waals surface area contributed by atoms with Crippen molar-refractivity contribution in [2.75, 3.05) is 13.2 Å². The molecule has 0 spiro atoms. The molecular weight excluding hydrogens is 380 g/mol. The number of aromatic hydroxyl groups is 2. The highest BCUT2D eigenvalue weighted by atomic mass is 16.6. The van der Waals surface area contributed by atoms with Crippen LogP contribution in [0, 0.1) is 0 Å². The number of hydrogen-bond acceptors (Lipinski definition) is 8. The summed E-state index contributed by atoms with van der Waals surface area (Å²) in [5, 5.41) is 18.4. The Bertz CT molecular complexity index is 884. The van der Waals surface area contributed by atoms with Crippen LogP contribution in [-0.4, -0.2) is 46.9 Å². The maximum absolute atomic E-state index is 12.1. The summed E-state index contributed by atoms with van der Waals surface area (Å²) in [5.74, 6) is -4.44. The summed E-state index contributed by atoms with van der Waals surface area (Å²) in [5.41, 5.74) is 1.07. The van der Waals surface area contributed by atoms with E-state index in [9.17, 15) is 29.4 Å². The molecule has 0 fully saturated rings. The van der Waals surface area contributed by atoms with Crippen molar-refractivity contribution in [1.82, 2.24) is 0 Å². The van der Waals surface area contributed by atoms with Crippen LogP contribution in [-0.2, 0) is 35.1 Å². The van der Waals surface area contributed by atoms with E-state index in [-0.39, 0.29) is 31.1 Å². The lowest BCUT2D eigenvalue weighted by atomic mass is 9.97. The Morgan fingerprint density at radius 3 is 1.83 bits per heavy atom. The Morgan fingerprint density at radius 1 is 0.793 bits per heavy atom. The van der Waals surface area contributed by atoms with Gasteiger partial charge in [0.2, 0.25) is 11.6 Å². The fraction of sp³-hybridized carbons (Fsp3) is 0.238. The van der Waals surface area contributed by atoms with Crippen LogP contribution in [0.2, 0.25) is 0 Å². The van der Waals surface area contributed by atoms with Gasteiger partial charge in [0.15, 0.2) is 0 Å². The van der Waals surface area contributed by atoms with E-state index >= 15 is 0 Å². The standard InChI is InChI=1S/C21H20O8/c1-13(15-4-8-17(23)9-5-15)19(25)21(27)29-11-10-28-20(26)18(24)12-14-2-6-16(22)7-3-14/h2-9,13,22-23H,10-12H2,1H3. The second kappa shape index (κ2) is 10.0. The number of phenols is 2.